The highest BCUT2D eigenvalue weighted by atomic mass is 32.2. The van der Waals surface area contributed by atoms with Crippen molar-refractivity contribution in [3.8, 4) is 0 Å². The van der Waals surface area contributed by atoms with E-state index in [0.29, 0.717) is 6.04 Å². The van der Waals surface area contributed by atoms with Crippen LogP contribution in [0.3, 0.4) is 0 Å². The number of nitrogens with zero attached hydrogens (tertiary/aromatic N) is 1. The highest BCUT2D eigenvalue weighted by Crippen LogP contribution is 2.31. The predicted octanol–water partition coefficient (Wildman–Crippen LogP) is 3.26. The molecule has 2 aliphatic rings. The molecule has 1 N–H and O–H groups in total. The van der Waals surface area contributed by atoms with Gasteiger partial charge in [-0.2, -0.15) is 23.5 Å². The lowest BCUT2D eigenvalue weighted by molar-refractivity contribution is 0.0969. The maximum absolute atomic E-state index is 3.72. The first kappa shape index (κ1) is 15.7. The summed E-state index contributed by atoms with van der Waals surface area (Å²) in [5, 5.41) is 4.52. The van der Waals surface area contributed by atoms with E-state index in [1.165, 1.54) is 29.4 Å². The van der Waals surface area contributed by atoms with Gasteiger partial charge in [0.05, 0.1) is 0 Å². The van der Waals surface area contributed by atoms with Crippen LogP contribution in [0.5, 0.6) is 0 Å². The van der Waals surface area contributed by atoms with Crippen LogP contribution in [0.15, 0.2) is 30.3 Å². The van der Waals surface area contributed by atoms with Crippen LogP contribution in [0.25, 0.3) is 0 Å². The Morgan fingerprint density at radius 2 is 2.05 bits per heavy atom. The van der Waals surface area contributed by atoms with Crippen molar-refractivity contribution in [2.45, 2.75) is 30.7 Å². The molecule has 1 aromatic carbocycles. The molecule has 4 heteroatoms. The fourth-order valence-electron chi connectivity index (χ4n) is 3.28. The Kier molecular flexibility index (Phi) is 5.20. The Balaban J connectivity index is 1.73. The van der Waals surface area contributed by atoms with E-state index in [4.69, 9.17) is 0 Å². The first-order valence-corrected chi connectivity index (χ1v) is 10.1. The van der Waals surface area contributed by atoms with Gasteiger partial charge in [0, 0.05) is 53.7 Å². The van der Waals surface area contributed by atoms with Crippen LogP contribution in [0.2, 0.25) is 0 Å². The van der Waals surface area contributed by atoms with Crippen LogP contribution in [-0.2, 0) is 0 Å². The van der Waals surface area contributed by atoms with Gasteiger partial charge >= 0.3 is 0 Å². The molecule has 0 radical (unpaired) electrons. The lowest BCUT2D eigenvalue weighted by Gasteiger charge is -2.46. The standard InChI is InChI=1S/C17H26N2S2/c1-17(2)13-19(11-15-12-20-8-9-21-15)16(10-18-17)14-6-4-3-5-7-14/h3-7,15-16,18H,8-13H2,1-2H3. The average Bonchev–Trinajstić information content (AvgIpc) is 2.48. The van der Waals surface area contributed by atoms with Crippen LogP contribution in [0.1, 0.15) is 25.5 Å². The monoisotopic (exact) mass is 322 g/mol. The molecular weight excluding hydrogens is 296 g/mol. The third-order valence-corrected chi connectivity index (χ3v) is 7.15. The highest BCUT2D eigenvalue weighted by Gasteiger charge is 2.34. The third kappa shape index (κ3) is 4.19. The molecule has 21 heavy (non-hydrogen) atoms. The summed E-state index contributed by atoms with van der Waals surface area (Å²) in [5.41, 5.74) is 1.67. The number of benzene rings is 1. The maximum atomic E-state index is 3.72. The molecule has 0 saturated carbocycles. The van der Waals surface area contributed by atoms with Gasteiger partial charge in [-0.1, -0.05) is 30.3 Å². The summed E-state index contributed by atoms with van der Waals surface area (Å²) in [4.78, 5) is 2.72. The number of hydrogen-bond donors (Lipinski definition) is 1. The topological polar surface area (TPSA) is 15.3 Å². The van der Waals surface area contributed by atoms with Crippen molar-refractivity contribution < 1.29 is 0 Å². The second-order valence-corrected chi connectivity index (χ2v) is 9.25. The van der Waals surface area contributed by atoms with E-state index in [2.05, 4.69) is 77.9 Å². The van der Waals surface area contributed by atoms with E-state index in [0.717, 1.165) is 18.3 Å². The van der Waals surface area contributed by atoms with Crippen LogP contribution in [-0.4, -0.2) is 52.6 Å². The van der Waals surface area contributed by atoms with Gasteiger partial charge in [-0.25, -0.2) is 0 Å². The molecular formula is C17H26N2S2. The summed E-state index contributed by atoms with van der Waals surface area (Å²) >= 11 is 4.30. The molecule has 0 aliphatic carbocycles. The number of nitrogens with one attached hydrogen (secondary N) is 1. The summed E-state index contributed by atoms with van der Waals surface area (Å²) < 4.78 is 0. The molecule has 3 rings (SSSR count). The van der Waals surface area contributed by atoms with Crippen molar-refractivity contribution in [1.82, 2.24) is 10.2 Å². The molecule has 0 bridgehead atoms. The van der Waals surface area contributed by atoms with Crippen molar-refractivity contribution in [2.24, 2.45) is 0 Å². The second kappa shape index (κ2) is 6.95. The molecule has 116 valence electrons. The third-order valence-electron chi connectivity index (χ3n) is 4.32. The van der Waals surface area contributed by atoms with Gasteiger partial charge in [-0.15, -0.1) is 0 Å². The Labute approximate surface area is 137 Å². The molecule has 2 fully saturated rings. The quantitative estimate of drug-likeness (QED) is 0.918. The molecule has 2 aliphatic heterocycles. The van der Waals surface area contributed by atoms with Crippen molar-refractivity contribution >= 4 is 23.5 Å². The first-order valence-electron chi connectivity index (χ1n) is 7.87. The Bertz CT molecular complexity index is 443. The van der Waals surface area contributed by atoms with Crippen LogP contribution >= 0.6 is 23.5 Å². The van der Waals surface area contributed by atoms with Gasteiger partial charge in [-0.05, 0) is 19.4 Å². The van der Waals surface area contributed by atoms with Gasteiger partial charge in [-0.3, -0.25) is 4.90 Å². The Morgan fingerprint density at radius 1 is 1.24 bits per heavy atom. The minimum absolute atomic E-state index is 0.220. The molecule has 2 saturated heterocycles. The van der Waals surface area contributed by atoms with E-state index < -0.39 is 0 Å². The fourth-order valence-corrected chi connectivity index (χ4v) is 5.97. The molecule has 2 heterocycles. The zero-order valence-electron chi connectivity index (χ0n) is 13.0. The van der Waals surface area contributed by atoms with Gasteiger partial charge in [0.2, 0.25) is 0 Å². The molecule has 2 atom stereocenters. The number of piperazine rings is 1. The van der Waals surface area contributed by atoms with E-state index in [-0.39, 0.29) is 5.54 Å². The lowest BCUT2D eigenvalue weighted by atomic mass is 9.94. The minimum atomic E-state index is 0.220. The predicted molar refractivity (Wildman–Crippen MR) is 96.4 cm³/mol. The molecule has 1 aromatic rings. The Morgan fingerprint density at radius 3 is 2.76 bits per heavy atom. The van der Waals surface area contributed by atoms with Crippen LogP contribution < -0.4 is 5.32 Å². The highest BCUT2D eigenvalue weighted by molar-refractivity contribution is 8.06. The molecule has 0 amide bonds. The largest absolute Gasteiger partial charge is 0.309 e. The van der Waals surface area contributed by atoms with Crippen molar-refractivity contribution in [1.29, 1.82) is 0 Å². The molecule has 2 nitrogen and oxygen atoms in total. The van der Waals surface area contributed by atoms with E-state index in [1.807, 2.05) is 0 Å². The fraction of sp³-hybridized carbons (Fsp3) is 0.647. The number of thioether (sulfide) groups is 2. The second-order valence-electron chi connectivity index (χ2n) is 6.69. The first-order chi connectivity index (χ1) is 10.1. The number of hydrogen-bond acceptors (Lipinski definition) is 4. The normalized spacial score (nSPS) is 30.2. The molecule has 0 spiro atoms. The average molecular weight is 323 g/mol. The van der Waals surface area contributed by atoms with Crippen molar-refractivity contribution in [3.63, 3.8) is 0 Å². The SMILES string of the molecule is CC1(C)CN(CC2CSCCS2)C(c2ccccc2)CN1. The van der Waals surface area contributed by atoms with E-state index in [9.17, 15) is 0 Å². The molecule has 0 aromatic heterocycles. The van der Waals surface area contributed by atoms with Gasteiger partial charge in [0.25, 0.3) is 0 Å². The summed E-state index contributed by atoms with van der Waals surface area (Å²) in [6, 6.07) is 11.5. The zero-order chi connectivity index (χ0) is 14.7. The van der Waals surface area contributed by atoms with Crippen molar-refractivity contribution in [3.05, 3.63) is 35.9 Å². The summed E-state index contributed by atoms with van der Waals surface area (Å²) in [7, 11) is 0. The summed E-state index contributed by atoms with van der Waals surface area (Å²) in [6.07, 6.45) is 0. The van der Waals surface area contributed by atoms with Crippen LogP contribution in [0, 0.1) is 0 Å². The smallest absolute Gasteiger partial charge is 0.0474 e. The maximum Gasteiger partial charge on any atom is 0.0474 e. The van der Waals surface area contributed by atoms with Crippen molar-refractivity contribution in [2.75, 3.05) is 36.9 Å². The van der Waals surface area contributed by atoms with Gasteiger partial charge in [0.15, 0.2) is 0 Å². The van der Waals surface area contributed by atoms with E-state index >= 15 is 0 Å². The zero-order valence-corrected chi connectivity index (χ0v) is 14.7. The summed E-state index contributed by atoms with van der Waals surface area (Å²) in [6.45, 7) is 8.06. The molecule has 2 unspecified atom stereocenters. The summed E-state index contributed by atoms with van der Waals surface area (Å²) in [5.74, 6) is 3.97. The Hall–Kier alpha value is -0.160. The number of rotatable bonds is 3. The lowest BCUT2D eigenvalue weighted by Crippen LogP contribution is -2.59. The van der Waals surface area contributed by atoms with Crippen LogP contribution in [0.4, 0.5) is 0 Å². The van der Waals surface area contributed by atoms with Gasteiger partial charge in [0.1, 0.15) is 0 Å². The minimum Gasteiger partial charge on any atom is -0.309 e. The van der Waals surface area contributed by atoms with E-state index in [1.54, 1.807) is 0 Å². The van der Waals surface area contributed by atoms with Gasteiger partial charge < -0.3 is 5.32 Å².